The van der Waals surface area contributed by atoms with Crippen LogP contribution in [0.4, 0.5) is 4.39 Å². The summed E-state index contributed by atoms with van der Waals surface area (Å²) in [7, 11) is 0. The summed E-state index contributed by atoms with van der Waals surface area (Å²) < 4.78 is 18.2. The molecule has 0 N–H and O–H groups in total. The molecule has 0 radical (unpaired) electrons. The van der Waals surface area contributed by atoms with E-state index in [-0.39, 0.29) is 6.61 Å². The van der Waals surface area contributed by atoms with E-state index < -0.39 is 17.4 Å². The minimum absolute atomic E-state index is 0.0353. The highest BCUT2D eigenvalue weighted by atomic mass is 19.1. The maximum Gasteiger partial charge on any atom is 0.351 e. The second kappa shape index (κ2) is 4.88. The first kappa shape index (κ1) is 12.4. The minimum Gasteiger partial charge on any atom is -0.458 e. The zero-order valence-electron chi connectivity index (χ0n) is 9.20. The number of carbonyl (C=O) groups excluding carboxylic acids is 2. The number of hydrogen-bond donors (Lipinski definition) is 0. The number of halogens is 1. The Bertz CT molecular complexity index is 385. The maximum absolute atomic E-state index is 13.5. The molecule has 1 rings (SSSR count). The molecule has 0 aliphatic carbocycles. The maximum atomic E-state index is 13.5. The van der Waals surface area contributed by atoms with Crippen LogP contribution in [0.3, 0.4) is 0 Å². The van der Waals surface area contributed by atoms with E-state index in [9.17, 15) is 14.0 Å². The molecule has 0 aromatic heterocycles. The molecule has 0 saturated carbocycles. The summed E-state index contributed by atoms with van der Waals surface area (Å²) in [5, 5.41) is 0. The highest BCUT2D eigenvalue weighted by Crippen LogP contribution is 2.15. The second-order valence-electron chi connectivity index (χ2n) is 3.62. The van der Waals surface area contributed by atoms with Gasteiger partial charge in [-0.05, 0) is 19.4 Å². The highest BCUT2D eigenvalue weighted by molar-refractivity contribution is 6.05. The van der Waals surface area contributed by atoms with Crippen LogP contribution in [0.5, 0.6) is 0 Å². The molecule has 1 aromatic rings. The third-order valence-electron chi connectivity index (χ3n) is 2.26. The molecule has 0 amide bonds. The lowest BCUT2D eigenvalue weighted by Crippen LogP contribution is -2.39. The number of Topliss-reactive ketones (excluding diaryl/α,β-unsaturated/α-hetero) is 1. The van der Waals surface area contributed by atoms with E-state index in [1.54, 1.807) is 24.3 Å². The van der Waals surface area contributed by atoms with Gasteiger partial charge in [-0.1, -0.05) is 30.3 Å². The van der Waals surface area contributed by atoms with Crippen molar-refractivity contribution in [2.45, 2.75) is 26.1 Å². The van der Waals surface area contributed by atoms with Crippen LogP contribution in [0.25, 0.3) is 0 Å². The number of benzene rings is 1. The van der Waals surface area contributed by atoms with Crippen LogP contribution in [0.1, 0.15) is 19.4 Å². The summed E-state index contributed by atoms with van der Waals surface area (Å²) in [5.41, 5.74) is -1.82. The number of rotatable bonds is 4. The molecule has 0 aliphatic rings. The molecule has 0 heterocycles. The van der Waals surface area contributed by atoms with Crippen LogP contribution < -0.4 is 0 Å². The molecule has 0 saturated heterocycles. The summed E-state index contributed by atoms with van der Waals surface area (Å²) in [6.45, 7) is 1.89. The van der Waals surface area contributed by atoms with E-state index >= 15 is 0 Å². The van der Waals surface area contributed by atoms with Gasteiger partial charge in [0.15, 0.2) is 5.78 Å². The first-order valence-electron chi connectivity index (χ1n) is 4.85. The van der Waals surface area contributed by atoms with Crippen molar-refractivity contribution in [1.82, 2.24) is 0 Å². The summed E-state index contributed by atoms with van der Waals surface area (Å²) in [5.74, 6) is -2.01. The second-order valence-corrected chi connectivity index (χ2v) is 3.62. The largest absolute Gasteiger partial charge is 0.458 e. The Labute approximate surface area is 93.2 Å². The summed E-state index contributed by atoms with van der Waals surface area (Å²) in [4.78, 5) is 22.1. The van der Waals surface area contributed by atoms with Crippen LogP contribution in [0, 0.1) is 0 Å². The van der Waals surface area contributed by atoms with Crippen LogP contribution in [-0.4, -0.2) is 17.4 Å². The van der Waals surface area contributed by atoms with Crippen LogP contribution in [0.2, 0.25) is 0 Å². The van der Waals surface area contributed by atoms with E-state index in [2.05, 4.69) is 0 Å². The first-order chi connectivity index (χ1) is 7.44. The number of ketones is 1. The molecular formula is C12H13FO3. The summed E-state index contributed by atoms with van der Waals surface area (Å²) in [6.07, 6.45) is 0. The molecule has 0 unspecified atom stereocenters. The average molecular weight is 224 g/mol. The Balaban J connectivity index is 2.57. The number of esters is 1. The highest BCUT2D eigenvalue weighted by Gasteiger charge is 2.40. The van der Waals surface area contributed by atoms with Gasteiger partial charge in [0.1, 0.15) is 6.61 Å². The topological polar surface area (TPSA) is 43.4 Å². The Hall–Kier alpha value is -1.71. The van der Waals surface area contributed by atoms with Gasteiger partial charge >= 0.3 is 5.97 Å². The van der Waals surface area contributed by atoms with Gasteiger partial charge in [-0.3, -0.25) is 4.79 Å². The predicted molar refractivity (Wildman–Crippen MR) is 56.4 cm³/mol. The first-order valence-corrected chi connectivity index (χ1v) is 4.85. The predicted octanol–water partition coefficient (Wildman–Crippen LogP) is 2.05. The molecule has 86 valence electrons. The average Bonchev–Trinajstić information content (AvgIpc) is 2.27. The van der Waals surface area contributed by atoms with Crippen molar-refractivity contribution in [2.75, 3.05) is 0 Å². The van der Waals surface area contributed by atoms with E-state index in [0.29, 0.717) is 0 Å². The molecule has 0 aliphatic heterocycles. The molecule has 1 atom stereocenters. The van der Waals surface area contributed by atoms with Crippen molar-refractivity contribution in [2.24, 2.45) is 0 Å². The number of hydrogen-bond acceptors (Lipinski definition) is 3. The minimum atomic E-state index is -2.56. The molecular weight excluding hydrogens is 211 g/mol. The monoisotopic (exact) mass is 224 g/mol. The molecule has 1 aromatic carbocycles. The van der Waals surface area contributed by atoms with Crippen molar-refractivity contribution >= 4 is 11.8 Å². The fraction of sp³-hybridized carbons (Fsp3) is 0.333. The van der Waals surface area contributed by atoms with Crippen molar-refractivity contribution < 1.29 is 18.7 Å². The Kier molecular flexibility index (Phi) is 3.77. The fourth-order valence-corrected chi connectivity index (χ4v) is 1.00. The molecule has 0 spiro atoms. The van der Waals surface area contributed by atoms with Crippen LogP contribution in [-0.2, 0) is 20.9 Å². The van der Waals surface area contributed by atoms with Gasteiger partial charge in [-0.25, -0.2) is 9.18 Å². The van der Waals surface area contributed by atoms with Crippen molar-refractivity contribution in [1.29, 1.82) is 0 Å². The van der Waals surface area contributed by atoms with Crippen molar-refractivity contribution in [3.63, 3.8) is 0 Å². The van der Waals surface area contributed by atoms with E-state index in [1.807, 2.05) is 6.07 Å². The smallest absolute Gasteiger partial charge is 0.351 e. The van der Waals surface area contributed by atoms with Gasteiger partial charge in [-0.2, -0.15) is 0 Å². The SMILES string of the molecule is CC(=O)[C@](C)(F)C(=O)OCc1ccccc1. The van der Waals surface area contributed by atoms with Crippen molar-refractivity contribution in [3.05, 3.63) is 35.9 Å². The van der Waals surface area contributed by atoms with Gasteiger partial charge in [0.2, 0.25) is 0 Å². The van der Waals surface area contributed by atoms with Gasteiger partial charge in [0.05, 0.1) is 0 Å². The zero-order chi connectivity index (χ0) is 12.2. The molecule has 3 nitrogen and oxygen atoms in total. The lowest BCUT2D eigenvalue weighted by atomic mass is 10.1. The molecule has 16 heavy (non-hydrogen) atoms. The summed E-state index contributed by atoms with van der Waals surface area (Å²) >= 11 is 0. The number of ether oxygens (including phenoxy) is 1. The third-order valence-corrected chi connectivity index (χ3v) is 2.26. The van der Waals surface area contributed by atoms with E-state index in [0.717, 1.165) is 19.4 Å². The summed E-state index contributed by atoms with van der Waals surface area (Å²) in [6, 6.07) is 8.87. The van der Waals surface area contributed by atoms with Gasteiger partial charge in [-0.15, -0.1) is 0 Å². The lowest BCUT2D eigenvalue weighted by Gasteiger charge is -2.15. The fourth-order valence-electron chi connectivity index (χ4n) is 1.00. The Morgan fingerprint density at radius 2 is 1.88 bits per heavy atom. The molecule has 4 heteroatoms. The van der Waals surface area contributed by atoms with Gasteiger partial charge in [0, 0.05) is 0 Å². The standard InChI is InChI=1S/C12H13FO3/c1-9(14)12(2,13)11(15)16-8-10-6-4-3-5-7-10/h3-7H,8H2,1-2H3/t12-/m0/s1. The van der Waals surface area contributed by atoms with Gasteiger partial charge in [0.25, 0.3) is 5.67 Å². The normalized spacial score (nSPS) is 13.9. The zero-order valence-corrected chi connectivity index (χ0v) is 9.20. The third kappa shape index (κ3) is 2.89. The van der Waals surface area contributed by atoms with Crippen LogP contribution in [0.15, 0.2) is 30.3 Å². The van der Waals surface area contributed by atoms with E-state index in [4.69, 9.17) is 4.74 Å². The lowest BCUT2D eigenvalue weighted by molar-refractivity contribution is -0.161. The van der Waals surface area contributed by atoms with Crippen LogP contribution >= 0.6 is 0 Å². The molecule has 0 fully saturated rings. The van der Waals surface area contributed by atoms with E-state index in [1.165, 1.54) is 0 Å². The quantitative estimate of drug-likeness (QED) is 0.580. The van der Waals surface area contributed by atoms with Crippen molar-refractivity contribution in [3.8, 4) is 0 Å². The Morgan fingerprint density at radius 1 is 1.31 bits per heavy atom. The number of alkyl halides is 1. The Morgan fingerprint density at radius 3 is 2.38 bits per heavy atom. The van der Waals surface area contributed by atoms with Gasteiger partial charge < -0.3 is 4.74 Å². The molecule has 0 bridgehead atoms. The number of carbonyl (C=O) groups is 2.